The lowest BCUT2D eigenvalue weighted by atomic mass is 10.1. The second-order valence-electron chi connectivity index (χ2n) is 4.84. The van der Waals surface area contributed by atoms with E-state index in [2.05, 4.69) is 26.2 Å². The molecule has 1 aromatic heterocycles. The molecule has 1 saturated heterocycles. The molecule has 22 heavy (non-hydrogen) atoms. The van der Waals surface area contributed by atoms with Gasteiger partial charge in [0, 0.05) is 6.08 Å². The summed E-state index contributed by atoms with van der Waals surface area (Å²) < 4.78 is 6.02. The SMILES string of the molecule is Cc1cccc(N=C2NC(=O)C(=Cc3ccc(Br)o3)S2)c1C. The van der Waals surface area contributed by atoms with E-state index in [-0.39, 0.29) is 5.91 Å². The van der Waals surface area contributed by atoms with E-state index in [4.69, 9.17) is 4.42 Å². The summed E-state index contributed by atoms with van der Waals surface area (Å²) in [4.78, 5) is 17.1. The summed E-state index contributed by atoms with van der Waals surface area (Å²) >= 11 is 4.55. The molecule has 0 spiro atoms. The molecule has 1 N–H and O–H groups in total. The highest BCUT2D eigenvalue weighted by Gasteiger charge is 2.24. The van der Waals surface area contributed by atoms with Crippen LogP contribution in [0.3, 0.4) is 0 Å². The first-order valence-corrected chi connectivity index (χ1v) is 8.25. The second kappa shape index (κ2) is 6.14. The molecule has 0 unspecified atom stereocenters. The van der Waals surface area contributed by atoms with Crippen molar-refractivity contribution in [3.8, 4) is 0 Å². The largest absolute Gasteiger partial charge is 0.450 e. The first kappa shape index (κ1) is 15.1. The predicted molar refractivity (Wildman–Crippen MR) is 93.1 cm³/mol. The fraction of sp³-hybridized carbons (Fsp3) is 0.125. The average molecular weight is 377 g/mol. The van der Waals surface area contributed by atoms with Gasteiger partial charge in [0.15, 0.2) is 9.84 Å². The number of amidine groups is 1. The number of aliphatic imine (C=N–C) groups is 1. The van der Waals surface area contributed by atoms with Gasteiger partial charge in [-0.05, 0) is 70.9 Å². The zero-order valence-corrected chi connectivity index (χ0v) is 14.4. The third-order valence-electron chi connectivity index (χ3n) is 3.32. The Morgan fingerprint density at radius 1 is 1.27 bits per heavy atom. The predicted octanol–water partition coefficient (Wildman–Crippen LogP) is 4.55. The summed E-state index contributed by atoms with van der Waals surface area (Å²) in [6.45, 7) is 4.06. The van der Waals surface area contributed by atoms with Crippen LogP contribution in [0, 0.1) is 13.8 Å². The Balaban J connectivity index is 1.87. The van der Waals surface area contributed by atoms with E-state index in [1.807, 2.05) is 32.0 Å². The van der Waals surface area contributed by atoms with E-state index in [1.54, 1.807) is 18.2 Å². The van der Waals surface area contributed by atoms with Gasteiger partial charge in [-0.2, -0.15) is 0 Å². The molecule has 0 bridgehead atoms. The monoisotopic (exact) mass is 376 g/mol. The number of nitrogens with one attached hydrogen (secondary N) is 1. The highest BCUT2D eigenvalue weighted by molar-refractivity contribution is 9.10. The molecule has 1 aromatic carbocycles. The summed E-state index contributed by atoms with van der Waals surface area (Å²) in [5, 5.41) is 3.36. The molecule has 2 heterocycles. The Labute approximate surface area is 140 Å². The zero-order valence-electron chi connectivity index (χ0n) is 12.0. The molecule has 4 nitrogen and oxygen atoms in total. The molecular weight excluding hydrogens is 364 g/mol. The topological polar surface area (TPSA) is 54.6 Å². The lowest BCUT2D eigenvalue weighted by molar-refractivity contribution is -0.115. The number of benzene rings is 1. The number of aryl methyl sites for hydroxylation is 1. The highest BCUT2D eigenvalue weighted by atomic mass is 79.9. The Bertz CT molecular complexity index is 808. The fourth-order valence-electron chi connectivity index (χ4n) is 1.98. The number of amides is 1. The van der Waals surface area contributed by atoms with E-state index in [0.29, 0.717) is 20.5 Å². The van der Waals surface area contributed by atoms with Gasteiger partial charge in [-0.1, -0.05) is 12.1 Å². The molecule has 6 heteroatoms. The summed E-state index contributed by atoms with van der Waals surface area (Å²) in [7, 11) is 0. The Hall–Kier alpha value is -1.79. The van der Waals surface area contributed by atoms with Crippen LogP contribution in [-0.4, -0.2) is 11.1 Å². The molecule has 112 valence electrons. The van der Waals surface area contributed by atoms with Crippen LogP contribution in [0.15, 0.2) is 49.3 Å². The lowest BCUT2D eigenvalue weighted by Crippen LogP contribution is -2.19. The maximum Gasteiger partial charge on any atom is 0.264 e. The number of nitrogens with zero attached hydrogens (tertiary/aromatic N) is 1. The smallest absolute Gasteiger partial charge is 0.264 e. The Morgan fingerprint density at radius 3 is 2.82 bits per heavy atom. The maximum absolute atomic E-state index is 12.0. The molecule has 0 saturated carbocycles. The van der Waals surface area contributed by atoms with E-state index in [9.17, 15) is 4.79 Å². The van der Waals surface area contributed by atoms with Crippen LogP contribution in [0.4, 0.5) is 5.69 Å². The van der Waals surface area contributed by atoms with Crippen molar-refractivity contribution >= 4 is 50.5 Å². The number of carbonyl (C=O) groups is 1. The van der Waals surface area contributed by atoms with Crippen LogP contribution in [0.5, 0.6) is 0 Å². The van der Waals surface area contributed by atoms with Crippen molar-refractivity contribution in [1.82, 2.24) is 5.32 Å². The van der Waals surface area contributed by atoms with Gasteiger partial charge < -0.3 is 9.73 Å². The van der Waals surface area contributed by atoms with Gasteiger partial charge in [-0.15, -0.1) is 0 Å². The van der Waals surface area contributed by atoms with Crippen molar-refractivity contribution in [2.75, 3.05) is 0 Å². The van der Waals surface area contributed by atoms with E-state index in [0.717, 1.165) is 11.3 Å². The second-order valence-corrected chi connectivity index (χ2v) is 6.65. The summed E-state index contributed by atoms with van der Waals surface area (Å²) in [6.07, 6.45) is 1.70. The number of hydrogen-bond donors (Lipinski definition) is 1. The minimum absolute atomic E-state index is 0.165. The van der Waals surface area contributed by atoms with Crippen molar-refractivity contribution in [1.29, 1.82) is 0 Å². The van der Waals surface area contributed by atoms with Gasteiger partial charge in [-0.3, -0.25) is 4.79 Å². The van der Waals surface area contributed by atoms with Crippen LogP contribution in [0.25, 0.3) is 6.08 Å². The molecular formula is C16H13BrN2O2S. The van der Waals surface area contributed by atoms with Crippen LogP contribution in [0.1, 0.15) is 16.9 Å². The van der Waals surface area contributed by atoms with Gasteiger partial charge in [0.2, 0.25) is 0 Å². The van der Waals surface area contributed by atoms with Crippen molar-refractivity contribution < 1.29 is 9.21 Å². The van der Waals surface area contributed by atoms with Gasteiger partial charge in [-0.25, -0.2) is 4.99 Å². The summed E-state index contributed by atoms with van der Waals surface area (Å²) in [5.74, 6) is 0.457. The van der Waals surface area contributed by atoms with E-state index in [1.165, 1.54) is 17.3 Å². The Kier molecular flexibility index (Phi) is 4.22. The van der Waals surface area contributed by atoms with Gasteiger partial charge in [0.25, 0.3) is 5.91 Å². The van der Waals surface area contributed by atoms with Crippen molar-refractivity contribution in [3.63, 3.8) is 0 Å². The molecule has 1 fully saturated rings. The first-order chi connectivity index (χ1) is 10.5. The molecule has 1 aliphatic heterocycles. The van der Waals surface area contributed by atoms with Crippen molar-refractivity contribution in [2.24, 2.45) is 4.99 Å². The van der Waals surface area contributed by atoms with Gasteiger partial charge >= 0.3 is 0 Å². The average Bonchev–Trinajstić information content (AvgIpc) is 3.02. The normalized spacial score (nSPS) is 18.2. The van der Waals surface area contributed by atoms with Gasteiger partial charge in [0.1, 0.15) is 5.76 Å². The van der Waals surface area contributed by atoms with Gasteiger partial charge in [0.05, 0.1) is 10.6 Å². The highest BCUT2D eigenvalue weighted by Crippen LogP contribution is 2.30. The number of carbonyl (C=O) groups excluding carboxylic acids is 1. The molecule has 0 radical (unpaired) electrons. The van der Waals surface area contributed by atoms with Crippen LogP contribution >= 0.6 is 27.7 Å². The number of halogens is 1. The molecule has 3 rings (SSSR count). The first-order valence-electron chi connectivity index (χ1n) is 6.64. The van der Waals surface area contributed by atoms with Crippen molar-refractivity contribution in [2.45, 2.75) is 13.8 Å². The fourth-order valence-corrected chi connectivity index (χ4v) is 3.12. The standard InChI is InChI=1S/C16H13BrN2O2S/c1-9-4-3-5-12(10(9)2)18-16-19-15(20)13(22-16)8-11-6-7-14(17)21-11/h3-8H,1-2H3,(H,18,19,20). The third-order valence-corrected chi connectivity index (χ3v) is 4.65. The zero-order chi connectivity index (χ0) is 15.7. The van der Waals surface area contributed by atoms with Crippen LogP contribution in [-0.2, 0) is 4.79 Å². The minimum Gasteiger partial charge on any atom is -0.450 e. The van der Waals surface area contributed by atoms with Crippen LogP contribution < -0.4 is 5.32 Å². The number of furan rings is 1. The third kappa shape index (κ3) is 3.18. The molecule has 0 atom stereocenters. The molecule has 1 aliphatic rings. The minimum atomic E-state index is -0.165. The summed E-state index contributed by atoms with van der Waals surface area (Å²) in [5.41, 5.74) is 3.15. The Morgan fingerprint density at radius 2 is 2.09 bits per heavy atom. The molecule has 2 aromatic rings. The lowest BCUT2D eigenvalue weighted by Gasteiger charge is -2.04. The number of hydrogen-bond acceptors (Lipinski definition) is 4. The summed E-state index contributed by atoms with van der Waals surface area (Å²) in [6, 6.07) is 9.52. The van der Waals surface area contributed by atoms with E-state index >= 15 is 0 Å². The maximum atomic E-state index is 12.0. The quantitative estimate of drug-likeness (QED) is 0.782. The van der Waals surface area contributed by atoms with E-state index < -0.39 is 0 Å². The number of thioether (sulfide) groups is 1. The molecule has 0 aliphatic carbocycles. The number of rotatable bonds is 2. The van der Waals surface area contributed by atoms with Crippen molar-refractivity contribution in [3.05, 3.63) is 56.8 Å². The molecule has 1 amide bonds. The van der Waals surface area contributed by atoms with Crippen LogP contribution in [0.2, 0.25) is 0 Å².